The molecule has 0 bridgehead atoms. The highest BCUT2D eigenvalue weighted by Crippen LogP contribution is 2.30. The minimum Gasteiger partial charge on any atom is -0.340 e. The van der Waals surface area contributed by atoms with E-state index in [2.05, 4.69) is 10.1 Å². The molecule has 0 radical (unpaired) electrons. The first-order chi connectivity index (χ1) is 9.13. The van der Waals surface area contributed by atoms with E-state index in [4.69, 9.17) is 4.52 Å². The molecule has 6 heteroatoms. The predicted molar refractivity (Wildman–Crippen MR) is 65.1 cm³/mol. The number of carbonyl (C=O) groups excluding carboxylic acids is 1. The number of carbonyl (C=O) groups is 1. The Morgan fingerprint density at radius 2 is 2.11 bits per heavy atom. The lowest BCUT2D eigenvalue weighted by Crippen LogP contribution is -2.24. The van der Waals surface area contributed by atoms with Gasteiger partial charge < -0.3 is 9.42 Å². The fraction of sp³-hybridized carbons (Fsp3) is 0.308. The maximum Gasteiger partial charge on any atom is 0.227 e. The molecule has 3 rings (SSSR count). The van der Waals surface area contributed by atoms with Gasteiger partial charge in [0.2, 0.25) is 11.8 Å². The maximum atomic E-state index is 12.9. The van der Waals surface area contributed by atoms with E-state index in [1.807, 2.05) is 0 Å². The molecule has 1 amide bonds. The Bertz CT molecular complexity index is 609. The molecule has 1 aromatic carbocycles. The summed E-state index contributed by atoms with van der Waals surface area (Å²) in [4.78, 5) is 17.8. The molecule has 1 saturated heterocycles. The van der Waals surface area contributed by atoms with Crippen LogP contribution in [0.3, 0.4) is 0 Å². The quantitative estimate of drug-likeness (QED) is 0.830. The van der Waals surface area contributed by atoms with Gasteiger partial charge in [0.25, 0.3) is 0 Å². The second kappa shape index (κ2) is 4.46. The molecule has 19 heavy (non-hydrogen) atoms. The molecule has 0 N–H and O–H groups in total. The Hall–Kier alpha value is -2.24. The summed E-state index contributed by atoms with van der Waals surface area (Å²) in [6.07, 6.45) is 0.344. The van der Waals surface area contributed by atoms with Crippen molar-refractivity contribution in [1.29, 1.82) is 0 Å². The van der Waals surface area contributed by atoms with E-state index in [-0.39, 0.29) is 17.6 Å². The zero-order chi connectivity index (χ0) is 13.4. The van der Waals surface area contributed by atoms with Gasteiger partial charge in [-0.25, -0.2) is 4.39 Å². The Morgan fingerprint density at radius 3 is 2.74 bits per heavy atom. The molecule has 5 nitrogen and oxygen atoms in total. The van der Waals surface area contributed by atoms with Crippen molar-refractivity contribution in [3.8, 4) is 0 Å². The molecule has 1 fully saturated rings. The fourth-order valence-electron chi connectivity index (χ4n) is 2.23. The molecule has 1 aliphatic rings. The Kier molecular flexibility index (Phi) is 2.77. The molecule has 1 aromatic heterocycles. The lowest BCUT2D eigenvalue weighted by Gasteiger charge is -2.15. The van der Waals surface area contributed by atoms with Gasteiger partial charge in [-0.2, -0.15) is 4.98 Å². The summed E-state index contributed by atoms with van der Waals surface area (Å²) in [6, 6.07) is 5.87. The molecule has 0 saturated carbocycles. The van der Waals surface area contributed by atoms with Crippen molar-refractivity contribution in [1.82, 2.24) is 10.1 Å². The van der Waals surface area contributed by atoms with E-state index in [9.17, 15) is 9.18 Å². The molecular weight excluding hydrogens is 249 g/mol. The number of benzene rings is 1. The van der Waals surface area contributed by atoms with E-state index < -0.39 is 0 Å². The Morgan fingerprint density at radius 1 is 1.37 bits per heavy atom. The van der Waals surface area contributed by atoms with Gasteiger partial charge in [-0.3, -0.25) is 4.79 Å². The van der Waals surface area contributed by atoms with E-state index in [1.54, 1.807) is 24.0 Å². The molecule has 1 atom stereocenters. The number of aryl methyl sites for hydroxylation is 1. The summed E-state index contributed by atoms with van der Waals surface area (Å²) in [6.45, 7) is 2.20. The smallest absolute Gasteiger partial charge is 0.227 e. The van der Waals surface area contributed by atoms with Crippen LogP contribution in [0.25, 0.3) is 0 Å². The van der Waals surface area contributed by atoms with Gasteiger partial charge in [0, 0.05) is 31.5 Å². The zero-order valence-electron chi connectivity index (χ0n) is 10.3. The number of anilines is 1. The van der Waals surface area contributed by atoms with Crippen molar-refractivity contribution >= 4 is 11.6 Å². The molecule has 98 valence electrons. The van der Waals surface area contributed by atoms with Crippen LogP contribution in [-0.4, -0.2) is 22.6 Å². The minimum atomic E-state index is -0.319. The summed E-state index contributed by atoms with van der Waals surface area (Å²) in [5.41, 5.74) is 0.689. The fourth-order valence-corrected chi connectivity index (χ4v) is 2.23. The van der Waals surface area contributed by atoms with Crippen LogP contribution in [0.2, 0.25) is 0 Å². The normalized spacial score (nSPS) is 19.2. The Balaban J connectivity index is 1.82. The van der Waals surface area contributed by atoms with Crippen molar-refractivity contribution in [2.24, 2.45) is 0 Å². The molecule has 2 aromatic rings. The minimum absolute atomic E-state index is 0.0148. The molecule has 2 heterocycles. The SMILES string of the molecule is Cc1nc([C@H]2CC(=O)N(c3ccc(F)cc3)C2)no1. The summed E-state index contributed by atoms with van der Waals surface area (Å²) < 4.78 is 17.8. The highest BCUT2D eigenvalue weighted by molar-refractivity contribution is 5.96. The number of rotatable bonds is 2. The van der Waals surface area contributed by atoms with Crippen LogP contribution >= 0.6 is 0 Å². The zero-order valence-corrected chi connectivity index (χ0v) is 10.3. The summed E-state index contributed by atoms with van der Waals surface area (Å²) >= 11 is 0. The summed E-state index contributed by atoms with van der Waals surface area (Å²) in [5.74, 6) is 0.632. The third-order valence-corrected chi connectivity index (χ3v) is 3.17. The number of nitrogens with zero attached hydrogens (tertiary/aromatic N) is 3. The van der Waals surface area contributed by atoms with Gasteiger partial charge in [0.05, 0.1) is 0 Å². The van der Waals surface area contributed by atoms with Crippen LogP contribution in [0.5, 0.6) is 0 Å². The first kappa shape index (κ1) is 11.8. The average molecular weight is 261 g/mol. The summed E-state index contributed by atoms with van der Waals surface area (Å²) in [7, 11) is 0. The molecule has 0 unspecified atom stereocenters. The molecule has 1 aliphatic heterocycles. The molecular formula is C13H12FN3O2. The largest absolute Gasteiger partial charge is 0.340 e. The van der Waals surface area contributed by atoms with E-state index in [0.717, 1.165) is 0 Å². The van der Waals surface area contributed by atoms with E-state index >= 15 is 0 Å². The van der Waals surface area contributed by atoms with Gasteiger partial charge >= 0.3 is 0 Å². The lowest BCUT2D eigenvalue weighted by atomic mass is 10.1. The van der Waals surface area contributed by atoms with Crippen molar-refractivity contribution in [2.45, 2.75) is 19.3 Å². The molecule has 0 spiro atoms. The van der Waals surface area contributed by atoms with Gasteiger partial charge in [0.1, 0.15) is 5.82 Å². The van der Waals surface area contributed by atoms with Gasteiger partial charge in [-0.15, -0.1) is 0 Å². The number of hydrogen-bond acceptors (Lipinski definition) is 4. The predicted octanol–water partition coefficient (Wildman–Crippen LogP) is 2.04. The van der Waals surface area contributed by atoms with E-state index in [0.29, 0.717) is 30.4 Å². The van der Waals surface area contributed by atoms with Gasteiger partial charge in [-0.05, 0) is 24.3 Å². The van der Waals surface area contributed by atoms with Crippen LogP contribution in [0.15, 0.2) is 28.8 Å². The first-order valence-electron chi connectivity index (χ1n) is 5.99. The van der Waals surface area contributed by atoms with Crippen LogP contribution in [0, 0.1) is 12.7 Å². The first-order valence-corrected chi connectivity index (χ1v) is 5.99. The topological polar surface area (TPSA) is 59.2 Å². The molecule has 0 aliphatic carbocycles. The van der Waals surface area contributed by atoms with E-state index in [1.165, 1.54) is 12.1 Å². The van der Waals surface area contributed by atoms with Gasteiger partial charge in [-0.1, -0.05) is 5.16 Å². The number of aromatic nitrogens is 2. The highest BCUT2D eigenvalue weighted by Gasteiger charge is 2.34. The lowest BCUT2D eigenvalue weighted by molar-refractivity contribution is -0.117. The maximum absolute atomic E-state index is 12.9. The third kappa shape index (κ3) is 2.21. The number of hydrogen-bond donors (Lipinski definition) is 0. The monoisotopic (exact) mass is 261 g/mol. The third-order valence-electron chi connectivity index (χ3n) is 3.17. The standard InChI is InChI=1S/C13H12FN3O2/c1-8-15-13(16-19-8)9-6-12(18)17(7-9)11-4-2-10(14)3-5-11/h2-5,9H,6-7H2,1H3/t9-/m0/s1. The Labute approximate surface area is 109 Å². The second-order valence-corrected chi connectivity index (χ2v) is 4.55. The van der Waals surface area contributed by atoms with Gasteiger partial charge in [0.15, 0.2) is 5.82 Å². The van der Waals surface area contributed by atoms with Crippen molar-refractivity contribution in [2.75, 3.05) is 11.4 Å². The van der Waals surface area contributed by atoms with Crippen molar-refractivity contribution < 1.29 is 13.7 Å². The van der Waals surface area contributed by atoms with Crippen LogP contribution in [0.4, 0.5) is 10.1 Å². The summed E-state index contributed by atoms with van der Waals surface area (Å²) in [5, 5.41) is 3.85. The average Bonchev–Trinajstić information content (AvgIpc) is 2.97. The van der Waals surface area contributed by atoms with Crippen molar-refractivity contribution in [3.05, 3.63) is 41.8 Å². The van der Waals surface area contributed by atoms with Crippen LogP contribution in [-0.2, 0) is 4.79 Å². The number of halogens is 1. The second-order valence-electron chi connectivity index (χ2n) is 4.55. The van der Waals surface area contributed by atoms with Crippen LogP contribution < -0.4 is 4.90 Å². The van der Waals surface area contributed by atoms with Crippen molar-refractivity contribution in [3.63, 3.8) is 0 Å². The highest BCUT2D eigenvalue weighted by atomic mass is 19.1. The van der Waals surface area contributed by atoms with Crippen LogP contribution in [0.1, 0.15) is 24.1 Å². The number of amides is 1.